The smallest absolute Gasteiger partial charge is 0.303 e. The van der Waals surface area contributed by atoms with Crippen molar-refractivity contribution in [3.05, 3.63) is 24.3 Å². The number of aliphatic hydroxyl groups is 2. The van der Waals surface area contributed by atoms with E-state index < -0.39 is 23.6 Å². The van der Waals surface area contributed by atoms with Crippen molar-refractivity contribution in [2.45, 2.75) is 71.7 Å². The maximum atomic E-state index is 11.8. The predicted molar refractivity (Wildman–Crippen MR) is 112 cm³/mol. The van der Waals surface area contributed by atoms with Crippen LogP contribution in [-0.4, -0.2) is 46.6 Å². The van der Waals surface area contributed by atoms with Gasteiger partial charge in [-0.15, -0.1) is 0 Å². The Bertz CT molecular complexity index is 740. The number of rotatable bonds is 7. The van der Waals surface area contributed by atoms with Gasteiger partial charge in [0, 0.05) is 19.3 Å². The fraction of sp³-hybridized carbons (Fsp3) is 0.750. The van der Waals surface area contributed by atoms with Crippen LogP contribution < -0.4 is 0 Å². The SMILES string of the molecule is C=C(C(C=CC(C)(O)COC(C)=O)OC(C)=O)C1CC(O)C2(C)C3CCC(C)C3C12. The van der Waals surface area contributed by atoms with Crippen molar-refractivity contribution in [3.8, 4) is 0 Å². The average molecular weight is 421 g/mol. The molecule has 6 heteroatoms. The van der Waals surface area contributed by atoms with Gasteiger partial charge in [0.1, 0.15) is 18.3 Å². The van der Waals surface area contributed by atoms with Gasteiger partial charge in [-0.2, -0.15) is 0 Å². The van der Waals surface area contributed by atoms with Crippen LogP contribution in [0.15, 0.2) is 24.3 Å². The number of hydrogen-bond donors (Lipinski definition) is 2. The van der Waals surface area contributed by atoms with E-state index in [9.17, 15) is 19.8 Å². The Labute approximate surface area is 179 Å². The van der Waals surface area contributed by atoms with Crippen LogP contribution in [-0.2, 0) is 19.1 Å². The Morgan fingerprint density at radius 1 is 1.30 bits per heavy atom. The molecule has 0 saturated heterocycles. The Kier molecular flexibility index (Phi) is 6.23. The van der Waals surface area contributed by atoms with Crippen LogP contribution in [0.4, 0.5) is 0 Å². The van der Waals surface area contributed by atoms with E-state index in [0.717, 1.165) is 5.57 Å². The van der Waals surface area contributed by atoms with E-state index in [1.54, 1.807) is 6.08 Å². The first-order chi connectivity index (χ1) is 13.9. The topological polar surface area (TPSA) is 93.1 Å². The predicted octanol–water partition coefficient (Wildman–Crippen LogP) is 3.02. The Hall–Kier alpha value is -1.66. The lowest BCUT2D eigenvalue weighted by molar-refractivity contribution is -0.147. The van der Waals surface area contributed by atoms with Gasteiger partial charge in [0.05, 0.1) is 6.10 Å². The van der Waals surface area contributed by atoms with E-state index in [1.807, 2.05) is 0 Å². The molecule has 9 unspecified atom stereocenters. The van der Waals surface area contributed by atoms with Gasteiger partial charge >= 0.3 is 11.9 Å². The minimum absolute atomic E-state index is 0.0548. The molecule has 3 rings (SSSR count). The third-order valence-corrected chi connectivity index (χ3v) is 7.95. The van der Waals surface area contributed by atoms with Gasteiger partial charge in [0.2, 0.25) is 0 Å². The van der Waals surface area contributed by atoms with Crippen molar-refractivity contribution in [2.24, 2.45) is 35.0 Å². The van der Waals surface area contributed by atoms with E-state index in [1.165, 1.54) is 39.7 Å². The summed E-state index contributed by atoms with van der Waals surface area (Å²) >= 11 is 0. The Morgan fingerprint density at radius 2 is 1.97 bits per heavy atom. The molecule has 0 aromatic heterocycles. The zero-order valence-electron chi connectivity index (χ0n) is 18.8. The standard InChI is InChI=1S/C24H36O6/c1-13-7-8-18-21(13)22-17(11-20(27)24(18,22)6)14(2)19(30-16(4)26)9-10-23(5,28)12-29-15(3)25/h9-10,13,17-22,27-28H,2,7-8,11-12H2,1,3-6H3. The van der Waals surface area contributed by atoms with Crippen molar-refractivity contribution in [3.63, 3.8) is 0 Å². The van der Waals surface area contributed by atoms with E-state index in [2.05, 4.69) is 20.4 Å². The summed E-state index contributed by atoms with van der Waals surface area (Å²) in [6.45, 7) is 12.7. The van der Waals surface area contributed by atoms with Crippen LogP contribution in [0.2, 0.25) is 0 Å². The fourth-order valence-corrected chi connectivity index (χ4v) is 6.51. The first kappa shape index (κ1) is 23.0. The molecule has 3 saturated carbocycles. The summed E-state index contributed by atoms with van der Waals surface area (Å²) in [6.07, 6.45) is 4.99. The quantitative estimate of drug-likeness (QED) is 0.486. The summed E-state index contributed by atoms with van der Waals surface area (Å²) in [5.74, 6) is 1.22. The molecule has 0 aromatic rings. The van der Waals surface area contributed by atoms with Crippen LogP contribution in [0.5, 0.6) is 0 Å². The molecule has 0 radical (unpaired) electrons. The summed E-state index contributed by atoms with van der Waals surface area (Å²) < 4.78 is 10.4. The summed E-state index contributed by atoms with van der Waals surface area (Å²) in [5, 5.41) is 21.4. The molecule has 0 bridgehead atoms. The summed E-state index contributed by atoms with van der Waals surface area (Å²) in [7, 11) is 0. The molecule has 3 aliphatic carbocycles. The van der Waals surface area contributed by atoms with Crippen molar-refractivity contribution in [1.29, 1.82) is 0 Å². The highest BCUT2D eigenvalue weighted by molar-refractivity contribution is 5.67. The van der Waals surface area contributed by atoms with E-state index in [-0.39, 0.29) is 24.0 Å². The second kappa shape index (κ2) is 8.12. The van der Waals surface area contributed by atoms with Crippen LogP contribution in [0.3, 0.4) is 0 Å². The summed E-state index contributed by atoms with van der Waals surface area (Å²) in [5.41, 5.74) is -0.737. The van der Waals surface area contributed by atoms with Crippen molar-refractivity contribution in [2.75, 3.05) is 6.61 Å². The maximum Gasteiger partial charge on any atom is 0.303 e. The third-order valence-electron chi connectivity index (χ3n) is 7.95. The second-order valence-corrected chi connectivity index (χ2v) is 10.1. The molecule has 3 aliphatic rings. The molecular weight excluding hydrogens is 384 g/mol. The van der Waals surface area contributed by atoms with Crippen molar-refractivity contribution < 1.29 is 29.3 Å². The van der Waals surface area contributed by atoms with E-state index in [0.29, 0.717) is 30.1 Å². The fourth-order valence-electron chi connectivity index (χ4n) is 6.51. The van der Waals surface area contributed by atoms with Crippen molar-refractivity contribution in [1.82, 2.24) is 0 Å². The van der Waals surface area contributed by atoms with Gasteiger partial charge in [-0.1, -0.05) is 32.9 Å². The summed E-state index contributed by atoms with van der Waals surface area (Å²) in [4.78, 5) is 22.8. The first-order valence-corrected chi connectivity index (χ1v) is 11.0. The van der Waals surface area contributed by atoms with Gasteiger partial charge in [-0.3, -0.25) is 9.59 Å². The molecule has 2 N–H and O–H groups in total. The van der Waals surface area contributed by atoms with E-state index in [4.69, 9.17) is 9.47 Å². The second-order valence-electron chi connectivity index (χ2n) is 10.1. The molecule has 0 amide bonds. The van der Waals surface area contributed by atoms with Crippen LogP contribution >= 0.6 is 0 Å². The molecule has 0 aliphatic heterocycles. The number of esters is 2. The van der Waals surface area contributed by atoms with Crippen LogP contribution in [0, 0.1) is 35.0 Å². The molecule has 30 heavy (non-hydrogen) atoms. The molecular formula is C24H36O6. The van der Waals surface area contributed by atoms with Crippen LogP contribution in [0.1, 0.15) is 53.9 Å². The number of carbonyl (C=O) groups is 2. The minimum Gasteiger partial charge on any atom is -0.462 e. The molecule has 9 atom stereocenters. The van der Waals surface area contributed by atoms with Gasteiger partial charge in [0.15, 0.2) is 0 Å². The number of fused-ring (bicyclic) bond motifs is 4. The minimum atomic E-state index is -1.39. The molecule has 0 spiro atoms. The Morgan fingerprint density at radius 3 is 2.57 bits per heavy atom. The molecule has 168 valence electrons. The maximum absolute atomic E-state index is 11.8. The lowest BCUT2D eigenvalue weighted by atomic mass is 9.46. The largest absolute Gasteiger partial charge is 0.462 e. The lowest BCUT2D eigenvalue weighted by Gasteiger charge is -2.58. The molecule has 0 aromatic carbocycles. The van der Waals surface area contributed by atoms with Gasteiger partial charge in [0.25, 0.3) is 0 Å². The normalized spacial score (nSPS) is 40.1. The van der Waals surface area contributed by atoms with Gasteiger partial charge < -0.3 is 19.7 Å². The number of aliphatic hydroxyl groups excluding tert-OH is 1. The van der Waals surface area contributed by atoms with Crippen LogP contribution in [0.25, 0.3) is 0 Å². The zero-order chi connectivity index (χ0) is 22.4. The monoisotopic (exact) mass is 420 g/mol. The highest BCUT2D eigenvalue weighted by atomic mass is 16.5. The lowest BCUT2D eigenvalue weighted by Crippen LogP contribution is -2.57. The molecule has 3 fully saturated rings. The molecule has 6 nitrogen and oxygen atoms in total. The zero-order valence-corrected chi connectivity index (χ0v) is 18.8. The number of hydrogen-bond acceptors (Lipinski definition) is 6. The molecule has 0 heterocycles. The first-order valence-electron chi connectivity index (χ1n) is 11.0. The number of ether oxygens (including phenoxy) is 2. The van der Waals surface area contributed by atoms with E-state index >= 15 is 0 Å². The highest BCUT2D eigenvalue weighted by Crippen LogP contribution is 2.73. The van der Waals surface area contributed by atoms with Gasteiger partial charge in [-0.25, -0.2) is 0 Å². The summed E-state index contributed by atoms with van der Waals surface area (Å²) in [6, 6.07) is 0. The highest BCUT2D eigenvalue weighted by Gasteiger charge is 2.70. The van der Waals surface area contributed by atoms with Gasteiger partial charge in [-0.05, 0) is 61.0 Å². The third kappa shape index (κ3) is 3.96. The number of carbonyl (C=O) groups excluding carboxylic acids is 2. The Balaban J connectivity index is 1.79. The van der Waals surface area contributed by atoms with Crippen molar-refractivity contribution >= 4 is 11.9 Å². The average Bonchev–Trinajstić information content (AvgIpc) is 3.08.